The topological polar surface area (TPSA) is 95.4 Å². The summed E-state index contributed by atoms with van der Waals surface area (Å²) in [5.74, 6) is -0.632. The predicted molar refractivity (Wildman–Crippen MR) is 100 cm³/mol. The summed E-state index contributed by atoms with van der Waals surface area (Å²) in [6.45, 7) is 1.98. The van der Waals surface area contributed by atoms with E-state index in [-0.39, 0.29) is 11.3 Å². The molecule has 0 spiro atoms. The summed E-state index contributed by atoms with van der Waals surface area (Å²) >= 11 is 0. The Bertz CT molecular complexity index is 989. The van der Waals surface area contributed by atoms with Crippen LogP contribution in [0, 0.1) is 0 Å². The summed E-state index contributed by atoms with van der Waals surface area (Å²) in [4.78, 5) is 19.3. The van der Waals surface area contributed by atoms with E-state index >= 15 is 0 Å². The van der Waals surface area contributed by atoms with Crippen LogP contribution in [0.5, 0.6) is 11.5 Å². The Balaban J connectivity index is 2.23. The second-order valence-electron chi connectivity index (χ2n) is 5.93. The number of pyridine rings is 1. The molecule has 3 rings (SSSR count). The Morgan fingerprint density at radius 3 is 2.88 bits per heavy atom. The van der Waals surface area contributed by atoms with Crippen LogP contribution in [-0.2, 0) is 11.2 Å². The Kier molecular flexibility index (Phi) is 4.93. The number of aliphatic carboxylic acids is 1. The largest absolute Gasteiger partial charge is 0.508 e. The number of carbonyl (C=O) groups is 1. The van der Waals surface area contributed by atoms with Gasteiger partial charge in [0.1, 0.15) is 17.1 Å². The zero-order valence-corrected chi connectivity index (χ0v) is 14.6. The smallest absolute Gasteiger partial charge is 0.336 e. The number of hydrogen-bond acceptors (Lipinski definition) is 4. The molecular formula is C20H20N2O4. The van der Waals surface area contributed by atoms with Gasteiger partial charge >= 0.3 is 5.97 Å². The first-order chi connectivity index (χ1) is 12.5. The van der Waals surface area contributed by atoms with Gasteiger partial charge in [0.15, 0.2) is 0 Å². The number of phenolic OH excluding ortho intramolecular Hbond substituents is 1. The van der Waals surface area contributed by atoms with E-state index in [1.165, 1.54) is 13.2 Å². The minimum absolute atomic E-state index is 0.0361. The number of ether oxygens (including phenoxy) is 1. The third-order valence-electron chi connectivity index (χ3n) is 4.24. The van der Waals surface area contributed by atoms with Gasteiger partial charge in [-0.2, -0.15) is 0 Å². The van der Waals surface area contributed by atoms with Crippen LogP contribution in [0.15, 0.2) is 36.7 Å². The van der Waals surface area contributed by atoms with Crippen LogP contribution in [0.1, 0.15) is 30.0 Å². The highest BCUT2D eigenvalue weighted by Gasteiger charge is 2.19. The Hall–Kier alpha value is -3.28. The molecule has 0 bridgehead atoms. The van der Waals surface area contributed by atoms with Crippen molar-refractivity contribution < 1.29 is 19.7 Å². The number of nitrogens with one attached hydrogen (secondary N) is 1. The second kappa shape index (κ2) is 7.31. The first-order valence-corrected chi connectivity index (χ1v) is 8.32. The van der Waals surface area contributed by atoms with Gasteiger partial charge in [-0.25, -0.2) is 9.78 Å². The molecule has 0 radical (unpaired) electrons. The number of carboxylic acids is 1. The molecule has 2 aromatic heterocycles. The number of aromatic nitrogens is 2. The van der Waals surface area contributed by atoms with Crippen LogP contribution in [0.2, 0.25) is 0 Å². The number of fused-ring (bicyclic) bond motifs is 1. The first kappa shape index (κ1) is 17.5. The summed E-state index contributed by atoms with van der Waals surface area (Å²) in [6.07, 6.45) is 6.32. The molecule has 6 heteroatoms. The minimum atomic E-state index is -1.08. The molecule has 0 saturated heterocycles. The number of rotatable bonds is 6. The molecule has 0 fully saturated rings. The summed E-state index contributed by atoms with van der Waals surface area (Å²) in [7, 11) is 1.48. The minimum Gasteiger partial charge on any atom is -0.508 e. The van der Waals surface area contributed by atoms with E-state index in [0.717, 1.165) is 17.4 Å². The molecule has 3 N–H and O–H groups in total. The van der Waals surface area contributed by atoms with Crippen molar-refractivity contribution in [1.82, 2.24) is 9.97 Å². The van der Waals surface area contributed by atoms with Crippen molar-refractivity contribution in [2.45, 2.75) is 19.8 Å². The van der Waals surface area contributed by atoms with Crippen LogP contribution in [0.4, 0.5) is 0 Å². The molecular weight excluding hydrogens is 332 g/mol. The lowest BCUT2D eigenvalue weighted by Crippen LogP contribution is -2.04. The molecule has 0 saturated carbocycles. The monoisotopic (exact) mass is 352 g/mol. The van der Waals surface area contributed by atoms with E-state index in [1.54, 1.807) is 30.6 Å². The number of phenols is 1. The first-order valence-electron chi connectivity index (χ1n) is 8.32. The molecule has 1 aromatic carbocycles. The van der Waals surface area contributed by atoms with Crippen molar-refractivity contribution in [2.75, 3.05) is 7.11 Å². The molecule has 134 valence electrons. The van der Waals surface area contributed by atoms with Gasteiger partial charge in [0.05, 0.1) is 12.7 Å². The zero-order valence-electron chi connectivity index (χ0n) is 14.6. The molecule has 6 nitrogen and oxygen atoms in total. The standard InChI is InChI=1S/C20H20N2O4/c1-3-5-15-16(9-13(26-2)10-18(15)23)17(20(24)25)8-12-11-22-19-14(12)6-4-7-21-19/h4,6-11,23H,3,5H2,1-2H3,(H,21,22)(H,24,25)/b17-8-. The molecule has 0 atom stereocenters. The van der Waals surface area contributed by atoms with E-state index in [9.17, 15) is 15.0 Å². The van der Waals surface area contributed by atoms with Gasteiger partial charge < -0.3 is 19.9 Å². The number of H-pyrrole nitrogens is 1. The lowest BCUT2D eigenvalue weighted by Gasteiger charge is -2.14. The Morgan fingerprint density at radius 2 is 2.19 bits per heavy atom. The summed E-state index contributed by atoms with van der Waals surface area (Å²) < 4.78 is 5.21. The molecule has 2 heterocycles. The highest BCUT2D eigenvalue weighted by atomic mass is 16.5. The summed E-state index contributed by atoms with van der Waals surface area (Å²) in [5.41, 5.74) is 2.54. The second-order valence-corrected chi connectivity index (χ2v) is 5.93. The van der Waals surface area contributed by atoms with Crippen LogP contribution in [0.3, 0.4) is 0 Å². The van der Waals surface area contributed by atoms with E-state index in [1.807, 2.05) is 13.0 Å². The fourth-order valence-corrected chi connectivity index (χ4v) is 3.01. The van der Waals surface area contributed by atoms with Crippen LogP contribution < -0.4 is 4.74 Å². The van der Waals surface area contributed by atoms with E-state index in [2.05, 4.69) is 9.97 Å². The average molecular weight is 352 g/mol. The van der Waals surface area contributed by atoms with Gasteiger partial charge in [0.25, 0.3) is 0 Å². The van der Waals surface area contributed by atoms with Crippen molar-refractivity contribution in [1.29, 1.82) is 0 Å². The molecule has 26 heavy (non-hydrogen) atoms. The van der Waals surface area contributed by atoms with Gasteiger partial charge in [0, 0.05) is 35.0 Å². The number of benzene rings is 1. The maximum absolute atomic E-state index is 12.0. The van der Waals surface area contributed by atoms with E-state index < -0.39 is 5.97 Å². The van der Waals surface area contributed by atoms with Crippen LogP contribution in [0.25, 0.3) is 22.7 Å². The summed E-state index contributed by atoms with van der Waals surface area (Å²) in [6, 6.07) is 6.83. The van der Waals surface area contributed by atoms with Gasteiger partial charge in [-0.05, 0) is 36.3 Å². The third-order valence-corrected chi connectivity index (χ3v) is 4.24. The molecule has 0 amide bonds. The zero-order chi connectivity index (χ0) is 18.7. The molecule has 0 aliphatic rings. The predicted octanol–water partition coefficient (Wildman–Crippen LogP) is 3.85. The number of nitrogens with zero attached hydrogens (tertiary/aromatic N) is 1. The third kappa shape index (κ3) is 3.26. The molecule has 0 aliphatic carbocycles. The van der Waals surface area contributed by atoms with Crippen LogP contribution >= 0.6 is 0 Å². The van der Waals surface area contributed by atoms with Crippen molar-refractivity contribution in [3.63, 3.8) is 0 Å². The SMILES string of the molecule is CCCc1c(O)cc(OC)cc1/C(=C/c1c[nH]c2ncccc12)C(=O)O. The Labute approximate surface area is 150 Å². The quantitative estimate of drug-likeness (QED) is 0.586. The van der Waals surface area contributed by atoms with Crippen molar-refractivity contribution >= 4 is 28.7 Å². The van der Waals surface area contributed by atoms with Gasteiger partial charge in [-0.15, -0.1) is 0 Å². The van der Waals surface area contributed by atoms with Crippen molar-refractivity contribution in [3.8, 4) is 11.5 Å². The van der Waals surface area contributed by atoms with Gasteiger partial charge in [0.2, 0.25) is 0 Å². The van der Waals surface area contributed by atoms with Gasteiger partial charge in [-0.3, -0.25) is 0 Å². The van der Waals surface area contributed by atoms with Crippen LogP contribution in [-0.4, -0.2) is 33.3 Å². The maximum atomic E-state index is 12.0. The maximum Gasteiger partial charge on any atom is 0.336 e. The highest BCUT2D eigenvalue weighted by Crippen LogP contribution is 2.34. The number of aromatic amines is 1. The number of aromatic hydroxyl groups is 1. The van der Waals surface area contributed by atoms with E-state index in [0.29, 0.717) is 28.9 Å². The lowest BCUT2D eigenvalue weighted by atomic mass is 9.94. The number of hydrogen-bond donors (Lipinski definition) is 3. The fourth-order valence-electron chi connectivity index (χ4n) is 3.01. The number of carboxylic acid groups (broad SMARTS) is 1. The molecule has 0 aliphatic heterocycles. The number of methoxy groups -OCH3 is 1. The van der Waals surface area contributed by atoms with E-state index in [4.69, 9.17) is 4.74 Å². The normalized spacial score (nSPS) is 11.7. The summed E-state index contributed by atoms with van der Waals surface area (Å²) in [5, 5.41) is 21.0. The average Bonchev–Trinajstić information content (AvgIpc) is 3.04. The highest BCUT2D eigenvalue weighted by molar-refractivity contribution is 6.22. The van der Waals surface area contributed by atoms with Crippen molar-refractivity contribution in [3.05, 3.63) is 53.3 Å². The molecule has 3 aromatic rings. The van der Waals surface area contributed by atoms with Gasteiger partial charge in [-0.1, -0.05) is 13.3 Å². The lowest BCUT2D eigenvalue weighted by molar-refractivity contribution is -0.130. The molecule has 0 unspecified atom stereocenters. The van der Waals surface area contributed by atoms with Crippen molar-refractivity contribution in [2.24, 2.45) is 0 Å². The fraction of sp³-hybridized carbons (Fsp3) is 0.200. The Morgan fingerprint density at radius 1 is 1.38 bits per heavy atom.